The summed E-state index contributed by atoms with van der Waals surface area (Å²) in [5.74, 6) is 0. The average molecular weight is 387 g/mol. The van der Waals surface area contributed by atoms with Gasteiger partial charge in [0.25, 0.3) is 5.56 Å². The van der Waals surface area contributed by atoms with Crippen molar-refractivity contribution >= 4 is 17.0 Å². The Kier molecular flexibility index (Phi) is 3.37. The van der Waals surface area contributed by atoms with Gasteiger partial charge in [0.15, 0.2) is 5.65 Å². The highest BCUT2D eigenvalue weighted by Gasteiger charge is 2.45. The zero-order valence-corrected chi connectivity index (χ0v) is 16.2. The van der Waals surface area contributed by atoms with Gasteiger partial charge in [-0.1, -0.05) is 0 Å². The number of pyridine rings is 1. The highest BCUT2D eigenvalue weighted by molar-refractivity contribution is 5.60. The Morgan fingerprint density at radius 2 is 1.90 bits per heavy atom. The van der Waals surface area contributed by atoms with Crippen LogP contribution in [0.15, 0.2) is 47.5 Å². The lowest BCUT2D eigenvalue weighted by Gasteiger charge is -2.35. The van der Waals surface area contributed by atoms with E-state index in [9.17, 15) is 4.79 Å². The molecule has 1 N–H and O–H groups in total. The summed E-state index contributed by atoms with van der Waals surface area (Å²) < 4.78 is 3.34. The highest BCUT2D eigenvalue weighted by atomic mass is 16.1. The number of piperazine rings is 1. The van der Waals surface area contributed by atoms with Gasteiger partial charge in [-0.3, -0.25) is 9.20 Å². The van der Waals surface area contributed by atoms with Gasteiger partial charge in [0.05, 0.1) is 23.3 Å². The van der Waals surface area contributed by atoms with Crippen LogP contribution < -0.4 is 15.8 Å². The SMILES string of the molecule is Cc1cn2nc(-c3cc(=O)n4cc(N5CCNC6(CC6)C5)ccc4n3)ccc2n1. The van der Waals surface area contributed by atoms with Crippen LogP contribution in [0.2, 0.25) is 0 Å². The fraction of sp³-hybridized carbons (Fsp3) is 0.333. The van der Waals surface area contributed by atoms with Crippen molar-refractivity contribution in [3.05, 3.63) is 58.8 Å². The fourth-order valence-electron chi connectivity index (χ4n) is 4.21. The maximum Gasteiger partial charge on any atom is 0.258 e. The number of anilines is 1. The minimum absolute atomic E-state index is 0.105. The number of nitrogens with one attached hydrogen (secondary N) is 1. The van der Waals surface area contributed by atoms with Crippen LogP contribution in [0.1, 0.15) is 18.5 Å². The van der Waals surface area contributed by atoms with Crippen molar-refractivity contribution in [3.63, 3.8) is 0 Å². The Morgan fingerprint density at radius 1 is 1.03 bits per heavy atom. The lowest BCUT2D eigenvalue weighted by molar-refractivity contribution is 0.442. The summed E-state index contributed by atoms with van der Waals surface area (Å²) in [6.07, 6.45) is 6.23. The lowest BCUT2D eigenvalue weighted by atomic mass is 10.1. The molecule has 0 unspecified atom stereocenters. The van der Waals surface area contributed by atoms with E-state index in [2.05, 4.69) is 31.3 Å². The molecule has 4 aromatic heterocycles. The van der Waals surface area contributed by atoms with Crippen LogP contribution in [0.25, 0.3) is 22.7 Å². The monoisotopic (exact) mass is 387 g/mol. The molecule has 0 radical (unpaired) electrons. The average Bonchev–Trinajstić information content (AvgIpc) is 3.35. The van der Waals surface area contributed by atoms with E-state index in [0.717, 1.165) is 36.7 Å². The Bertz CT molecular complexity index is 1320. The first-order chi connectivity index (χ1) is 14.1. The van der Waals surface area contributed by atoms with Crippen LogP contribution in [0, 0.1) is 6.92 Å². The summed E-state index contributed by atoms with van der Waals surface area (Å²) in [5.41, 5.74) is 4.76. The predicted octanol–water partition coefficient (Wildman–Crippen LogP) is 1.65. The largest absolute Gasteiger partial charge is 0.367 e. The maximum absolute atomic E-state index is 12.9. The van der Waals surface area contributed by atoms with Crippen molar-refractivity contribution in [2.45, 2.75) is 25.3 Å². The zero-order valence-electron chi connectivity index (χ0n) is 16.2. The molecule has 5 heterocycles. The molecule has 4 aromatic rings. The van der Waals surface area contributed by atoms with Crippen molar-refractivity contribution < 1.29 is 0 Å². The molecule has 1 aliphatic carbocycles. The molecule has 0 atom stereocenters. The first-order valence-electron chi connectivity index (χ1n) is 9.96. The highest BCUT2D eigenvalue weighted by Crippen LogP contribution is 2.38. The fourth-order valence-corrected chi connectivity index (χ4v) is 4.21. The molecule has 0 aromatic carbocycles. The number of fused-ring (bicyclic) bond motifs is 2. The molecule has 1 saturated carbocycles. The summed E-state index contributed by atoms with van der Waals surface area (Å²) >= 11 is 0. The Balaban J connectivity index is 1.40. The number of aromatic nitrogens is 5. The van der Waals surface area contributed by atoms with Gasteiger partial charge in [-0.15, -0.1) is 0 Å². The number of imidazole rings is 1. The van der Waals surface area contributed by atoms with Crippen LogP contribution in [0.3, 0.4) is 0 Å². The molecule has 0 amide bonds. The standard InChI is InChI=1S/C21H21N7O/c1-14-11-28-19(23-14)5-3-16(25-28)17-10-20(29)27-12-15(2-4-18(27)24-17)26-9-8-22-21(13-26)6-7-21/h2-5,10-12,22H,6-9,13H2,1H3. The van der Waals surface area contributed by atoms with Crippen molar-refractivity contribution in [2.24, 2.45) is 0 Å². The van der Waals surface area contributed by atoms with E-state index in [1.165, 1.54) is 12.8 Å². The van der Waals surface area contributed by atoms with E-state index < -0.39 is 0 Å². The van der Waals surface area contributed by atoms with Crippen LogP contribution in [-0.2, 0) is 0 Å². The molecule has 1 saturated heterocycles. The molecule has 2 fully saturated rings. The first-order valence-corrected chi connectivity index (χ1v) is 9.96. The normalized spacial score (nSPS) is 18.0. The molecule has 8 heteroatoms. The van der Waals surface area contributed by atoms with Crippen molar-refractivity contribution in [1.29, 1.82) is 0 Å². The van der Waals surface area contributed by atoms with Gasteiger partial charge in [0.2, 0.25) is 0 Å². The second-order valence-corrected chi connectivity index (χ2v) is 8.13. The van der Waals surface area contributed by atoms with Gasteiger partial charge < -0.3 is 10.2 Å². The van der Waals surface area contributed by atoms with Crippen molar-refractivity contribution in [2.75, 3.05) is 24.5 Å². The molecular weight excluding hydrogens is 366 g/mol. The van der Waals surface area contributed by atoms with E-state index >= 15 is 0 Å². The van der Waals surface area contributed by atoms with Gasteiger partial charge in [-0.25, -0.2) is 14.5 Å². The van der Waals surface area contributed by atoms with Gasteiger partial charge in [0, 0.05) is 37.4 Å². The van der Waals surface area contributed by atoms with Gasteiger partial charge in [0.1, 0.15) is 11.3 Å². The summed E-state index contributed by atoms with van der Waals surface area (Å²) in [5, 5.41) is 8.18. The maximum atomic E-state index is 12.9. The summed E-state index contributed by atoms with van der Waals surface area (Å²) in [4.78, 5) is 24.3. The quantitative estimate of drug-likeness (QED) is 0.564. The molecular formula is C21H21N7O. The number of rotatable bonds is 2. The van der Waals surface area contributed by atoms with Crippen molar-refractivity contribution in [1.82, 2.24) is 29.3 Å². The van der Waals surface area contributed by atoms with Gasteiger partial charge in [-0.2, -0.15) is 5.10 Å². The Hall–Kier alpha value is -3.26. The topological polar surface area (TPSA) is 79.8 Å². The molecule has 29 heavy (non-hydrogen) atoms. The Morgan fingerprint density at radius 3 is 2.76 bits per heavy atom. The van der Waals surface area contributed by atoms with E-state index in [-0.39, 0.29) is 11.1 Å². The second-order valence-electron chi connectivity index (χ2n) is 8.13. The number of hydrogen-bond donors (Lipinski definition) is 1. The number of hydrogen-bond acceptors (Lipinski definition) is 6. The number of aryl methyl sites for hydroxylation is 1. The van der Waals surface area contributed by atoms with Gasteiger partial charge >= 0.3 is 0 Å². The summed E-state index contributed by atoms with van der Waals surface area (Å²) in [6.45, 7) is 4.84. The van der Waals surface area contributed by atoms with Gasteiger partial charge in [-0.05, 0) is 44.0 Å². The molecule has 2 aliphatic rings. The molecule has 8 nitrogen and oxygen atoms in total. The minimum atomic E-state index is -0.105. The smallest absolute Gasteiger partial charge is 0.258 e. The molecule has 1 aliphatic heterocycles. The minimum Gasteiger partial charge on any atom is -0.367 e. The second kappa shape index (κ2) is 5.87. The lowest BCUT2D eigenvalue weighted by Crippen LogP contribution is -2.52. The molecule has 6 rings (SSSR count). The Labute approximate surface area is 166 Å². The third-order valence-corrected chi connectivity index (χ3v) is 5.94. The van der Waals surface area contributed by atoms with Crippen LogP contribution >= 0.6 is 0 Å². The molecule has 1 spiro atoms. The molecule has 0 bridgehead atoms. The van der Waals surface area contributed by atoms with Crippen molar-refractivity contribution in [3.8, 4) is 11.4 Å². The predicted molar refractivity (Wildman–Crippen MR) is 110 cm³/mol. The summed E-state index contributed by atoms with van der Waals surface area (Å²) in [7, 11) is 0. The zero-order chi connectivity index (χ0) is 19.6. The van der Waals surface area contributed by atoms with E-state index in [4.69, 9.17) is 0 Å². The van der Waals surface area contributed by atoms with Crippen LogP contribution in [0.5, 0.6) is 0 Å². The van der Waals surface area contributed by atoms with E-state index in [0.29, 0.717) is 17.0 Å². The number of nitrogens with zero attached hydrogens (tertiary/aromatic N) is 6. The van der Waals surface area contributed by atoms with E-state index in [1.807, 2.05) is 37.5 Å². The van der Waals surface area contributed by atoms with Crippen LogP contribution in [0.4, 0.5) is 5.69 Å². The van der Waals surface area contributed by atoms with E-state index in [1.54, 1.807) is 15.0 Å². The third kappa shape index (κ3) is 2.79. The third-order valence-electron chi connectivity index (χ3n) is 5.94. The molecule has 146 valence electrons. The summed E-state index contributed by atoms with van der Waals surface area (Å²) in [6, 6.07) is 9.27. The van der Waals surface area contributed by atoms with Crippen LogP contribution in [-0.4, -0.2) is 49.2 Å². The first kappa shape index (κ1) is 16.7.